The number of methoxy groups -OCH3 is 1. The van der Waals surface area contributed by atoms with Crippen molar-refractivity contribution in [1.82, 2.24) is 0 Å². The summed E-state index contributed by atoms with van der Waals surface area (Å²) < 4.78 is 11.1. The molecule has 1 heterocycles. The molecule has 1 aliphatic heterocycles. The molecule has 3 aliphatic rings. The van der Waals surface area contributed by atoms with E-state index in [0.29, 0.717) is 19.4 Å². The fourth-order valence-corrected chi connectivity index (χ4v) is 5.07. The van der Waals surface area contributed by atoms with Gasteiger partial charge in [-0.1, -0.05) is 20.4 Å². The molecule has 3 rings (SSSR count). The number of aliphatic hydroxyl groups excluding tert-OH is 3. The van der Waals surface area contributed by atoms with Crippen LogP contribution in [0.5, 0.6) is 0 Å². The number of hydrogen-bond donors (Lipinski definition) is 3. The van der Waals surface area contributed by atoms with Gasteiger partial charge in [0.1, 0.15) is 0 Å². The van der Waals surface area contributed by atoms with Gasteiger partial charge in [0.05, 0.1) is 30.3 Å². The van der Waals surface area contributed by atoms with Gasteiger partial charge in [-0.3, -0.25) is 0 Å². The van der Waals surface area contributed by atoms with Crippen LogP contribution >= 0.6 is 0 Å². The predicted octanol–water partition coefficient (Wildman–Crippen LogP) is 0.680. The second-order valence-corrected chi connectivity index (χ2v) is 7.30. The Morgan fingerprint density at radius 2 is 2.00 bits per heavy atom. The van der Waals surface area contributed by atoms with E-state index in [1.54, 1.807) is 7.11 Å². The van der Waals surface area contributed by atoms with Gasteiger partial charge in [-0.25, -0.2) is 0 Å². The molecule has 0 aromatic carbocycles. The standard InChI is InChI=1S/C16H26O5/c1-8-5-11(17)12(18)10-6-16(13(19)15(8,10)3)9(2)7-21-14(16)20-4/h8,10-14,17-19H,2,5-7H2,1,3-4H3. The number of aliphatic hydroxyl groups is 3. The summed E-state index contributed by atoms with van der Waals surface area (Å²) in [6.45, 7) is 8.50. The zero-order chi connectivity index (χ0) is 15.6. The third-order valence-electron chi connectivity index (χ3n) is 6.60. The summed E-state index contributed by atoms with van der Waals surface area (Å²) in [7, 11) is 1.57. The van der Waals surface area contributed by atoms with E-state index in [2.05, 4.69) is 6.58 Å². The lowest BCUT2D eigenvalue weighted by atomic mass is 9.60. The van der Waals surface area contributed by atoms with Crippen molar-refractivity contribution in [3.05, 3.63) is 12.2 Å². The summed E-state index contributed by atoms with van der Waals surface area (Å²) in [6, 6.07) is 0. The third-order valence-corrected chi connectivity index (χ3v) is 6.60. The first-order valence-corrected chi connectivity index (χ1v) is 7.67. The largest absolute Gasteiger partial charge is 0.391 e. The smallest absolute Gasteiger partial charge is 0.169 e. The predicted molar refractivity (Wildman–Crippen MR) is 76.3 cm³/mol. The highest BCUT2D eigenvalue weighted by molar-refractivity contribution is 5.28. The van der Waals surface area contributed by atoms with Crippen LogP contribution < -0.4 is 0 Å². The molecule has 2 saturated carbocycles. The van der Waals surface area contributed by atoms with Crippen LogP contribution in [0.2, 0.25) is 0 Å². The van der Waals surface area contributed by atoms with Crippen LogP contribution in [0, 0.1) is 22.7 Å². The van der Waals surface area contributed by atoms with Gasteiger partial charge in [0.25, 0.3) is 0 Å². The monoisotopic (exact) mass is 298 g/mol. The first-order valence-electron chi connectivity index (χ1n) is 7.67. The van der Waals surface area contributed by atoms with Gasteiger partial charge >= 0.3 is 0 Å². The van der Waals surface area contributed by atoms with Crippen LogP contribution in [0.25, 0.3) is 0 Å². The summed E-state index contributed by atoms with van der Waals surface area (Å²) in [6.07, 6.45) is -1.79. The van der Waals surface area contributed by atoms with Gasteiger partial charge in [0, 0.05) is 12.5 Å². The first kappa shape index (κ1) is 15.4. The van der Waals surface area contributed by atoms with E-state index in [1.165, 1.54) is 0 Å². The number of rotatable bonds is 1. The third kappa shape index (κ3) is 1.70. The lowest BCUT2D eigenvalue weighted by molar-refractivity contribution is -0.179. The van der Waals surface area contributed by atoms with Crippen molar-refractivity contribution in [3.63, 3.8) is 0 Å². The molecular weight excluding hydrogens is 272 g/mol. The molecular formula is C16H26O5. The van der Waals surface area contributed by atoms with Crippen molar-refractivity contribution >= 4 is 0 Å². The highest BCUT2D eigenvalue weighted by atomic mass is 16.7. The van der Waals surface area contributed by atoms with Gasteiger partial charge in [-0.05, 0) is 30.3 Å². The molecule has 0 aromatic heterocycles. The number of ether oxygens (including phenoxy) is 2. The summed E-state index contributed by atoms with van der Waals surface area (Å²) >= 11 is 0. The van der Waals surface area contributed by atoms with Gasteiger partial charge < -0.3 is 24.8 Å². The minimum absolute atomic E-state index is 0.0983. The topological polar surface area (TPSA) is 79.2 Å². The van der Waals surface area contributed by atoms with Crippen molar-refractivity contribution < 1.29 is 24.8 Å². The quantitative estimate of drug-likeness (QED) is 0.621. The molecule has 0 aromatic rings. The van der Waals surface area contributed by atoms with E-state index < -0.39 is 35.4 Å². The normalized spacial score (nSPS) is 57.0. The maximum Gasteiger partial charge on any atom is 0.169 e. The summed E-state index contributed by atoms with van der Waals surface area (Å²) in [4.78, 5) is 0. The molecule has 5 heteroatoms. The van der Waals surface area contributed by atoms with Crippen molar-refractivity contribution in [3.8, 4) is 0 Å². The molecule has 0 amide bonds. The van der Waals surface area contributed by atoms with Crippen molar-refractivity contribution in [1.29, 1.82) is 0 Å². The molecule has 2 aliphatic carbocycles. The number of fused-ring (bicyclic) bond motifs is 1. The van der Waals surface area contributed by atoms with Gasteiger partial charge in [-0.2, -0.15) is 0 Å². The fourth-order valence-electron chi connectivity index (χ4n) is 5.07. The molecule has 3 fully saturated rings. The maximum atomic E-state index is 11.2. The van der Waals surface area contributed by atoms with Gasteiger partial charge in [0.15, 0.2) is 6.29 Å². The summed E-state index contributed by atoms with van der Waals surface area (Å²) in [5.41, 5.74) is -0.342. The summed E-state index contributed by atoms with van der Waals surface area (Å²) in [5.74, 6) is -0.0940. The van der Waals surface area contributed by atoms with Gasteiger partial charge in [-0.15, -0.1) is 0 Å². The van der Waals surface area contributed by atoms with E-state index in [4.69, 9.17) is 9.47 Å². The Balaban J connectivity index is 2.07. The molecule has 1 spiro atoms. The second kappa shape index (κ2) is 4.77. The number of hydrogen-bond acceptors (Lipinski definition) is 5. The maximum absolute atomic E-state index is 11.2. The SMILES string of the molecule is C=C1COC(OC)C12CC1C(O)C(O)CC(C)C1(C)C2O. The summed E-state index contributed by atoms with van der Waals surface area (Å²) in [5, 5.41) is 31.7. The minimum atomic E-state index is -0.828. The van der Waals surface area contributed by atoms with E-state index in [0.717, 1.165) is 5.57 Å². The lowest BCUT2D eigenvalue weighted by Crippen LogP contribution is -2.54. The second-order valence-electron chi connectivity index (χ2n) is 7.30. The van der Waals surface area contributed by atoms with Crippen LogP contribution in [0.4, 0.5) is 0 Å². The zero-order valence-corrected chi connectivity index (χ0v) is 13.0. The highest BCUT2D eigenvalue weighted by Crippen LogP contribution is 2.66. The molecule has 5 nitrogen and oxygen atoms in total. The molecule has 0 radical (unpaired) electrons. The average molecular weight is 298 g/mol. The van der Waals surface area contributed by atoms with Crippen LogP contribution in [0.1, 0.15) is 26.7 Å². The van der Waals surface area contributed by atoms with Crippen LogP contribution in [-0.4, -0.2) is 53.6 Å². The molecule has 8 atom stereocenters. The molecule has 120 valence electrons. The van der Waals surface area contributed by atoms with Crippen LogP contribution in [0.3, 0.4) is 0 Å². The Kier molecular flexibility index (Phi) is 3.50. The Hall–Kier alpha value is -0.460. The molecule has 0 bridgehead atoms. The van der Waals surface area contributed by atoms with E-state index in [9.17, 15) is 15.3 Å². The zero-order valence-electron chi connectivity index (χ0n) is 13.0. The Labute approximate surface area is 125 Å². The van der Waals surface area contributed by atoms with Crippen molar-refractivity contribution in [2.24, 2.45) is 22.7 Å². The Bertz CT molecular complexity index is 452. The van der Waals surface area contributed by atoms with Crippen molar-refractivity contribution in [2.45, 2.75) is 51.3 Å². The fraction of sp³-hybridized carbons (Fsp3) is 0.875. The van der Waals surface area contributed by atoms with E-state index in [1.807, 2.05) is 13.8 Å². The molecule has 21 heavy (non-hydrogen) atoms. The van der Waals surface area contributed by atoms with Gasteiger partial charge in [0.2, 0.25) is 0 Å². The molecule has 8 unspecified atom stereocenters. The van der Waals surface area contributed by atoms with Crippen LogP contribution in [0.15, 0.2) is 12.2 Å². The van der Waals surface area contributed by atoms with Crippen LogP contribution in [-0.2, 0) is 9.47 Å². The first-order chi connectivity index (χ1) is 9.80. The van der Waals surface area contributed by atoms with E-state index >= 15 is 0 Å². The van der Waals surface area contributed by atoms with E-state index in [-0.39, 0.29) is 11.8 Å². The average Bonchev–Trinajstić information content (AvgIpc) is 2.89. The van der Waals surface area contributed by atoms with Crippen molar-refractivity contribution in [2.75, 3.05) is 13.7 Å². The lowest BCUT2D eigenvalue weighted by Gasteiger charge is -2.49. The Morgan fingerprint density at radius 3 is 2.62 bits per heavy atom. The minimum Gasteiger partial charge on any atom is -0.391 e. The molecule has 1 saturated heterocycles. The Morgan fingerprint density at radius 1 is 1.33 bits per heavy atom. The molecule has 3 N–H and O–H groups in total. The highest BCUT2D eigenvalue weighted by Gasteiger charge is 2.70.